The van der Waals surface area contributed by atoms with Gasteiger partial charge < -0.3 is 10.2 Å². The van der Waals surface area contributed by atoms with Crippen LogP contribution in [0.2, 0.25) is 0 Å². The van der Waals surface area contributed by atoms with E-state index in [4.69, 9.17) is 5.26 Å². The molecule has 1 fully saturated rings. The predicted octanol–water partition coefficient (Wildman–Crippen LogP) is 2.89. The van der Waals surface area contributed by atoms with E-state index in [1.807, 2.05) is 18.4 Å². The molecule has 25 heavy (non-hydrogen) atoms. The number of hydrogen-bond donors (Lipinski definition) is 1. The van der Waals surface area contributed by atoms with Crippen LogP contribution in [-0.2, 0) is 0 Å². The van der Waals surface area contributed by atoms with Crippen molar-refractivity contribution in [2.45, 2.75) is 23.7 Å². The molecule has 3 heterocycles. The van der Waals surface area contributed by atoms with E-state index in [9.17, 15) is 0 Å². The number of rotatable bonds is 5. The molecule has 6 nitrogen and oxygen atoms in total. The predicted molar refractivity (Wildman–Crippen MR) is 96.5 cm³/mol. The summed E-state index contributed by atoms with van der Waals surface area (Å²) in [4.78, 5) is 14.8. The highest BCUT2D eigenvalue weighted by Gasteiger charge is 2.34. The summed E-state index contributed by atoms with van der Waals surface area (Å²) in [5, 5.41) is 12.6. The van der Waals surface area contributed by atoms with E-state index in [-0.39, 0.29) is 6.54 Å². The third-order valence-electron chi connectivity index (χ3n) is 4.26. The van der Waals surface area contributed by atoms with Crippen molar-refractivity contribution in [3.8, 4) is 6.07 Å². The molecule has 1 saturated heterocycles. The number of nitriles is 1. The van der Waals surface area contributed by atoms with Gasteiger partial charge >= 0.3 is 0 Å². The molecule has 3 rings (SSSR count). The van der Waals surface area contributed by atoms with Crippen molar-refractivity contribution in [1.29, 1.82) is 5.26 Å². The van der Waals surface area contributed by atoms with Crippen LogP contribution < -0.4 is 10.2 Å². The van der Waals surface area contributed by atoms with Gasteiger partial charge in [0, 0.05) is 38.3 Å². The van der Waals surface area contributed by atoms with Crippen LogP contribution in [0.15, 0.2) is 35.7 Å². The van der Waals surface area contributed by atoms with Crippen LogP contribution in [0.25, 0.3) is 0 Å². The van der Waals surface area contributed by atoms with Crippen LogP contribution in [0.5, 0.6) is 0 Å². The van der Waals surface area contributed by atoms with Gasteiger partial charge in [0.1, 0.15) is 23.4 Å². The maximum atomic E-state index is 15.0. The van der Waals surface area contributed by atoms with Crippen molar-refractivity contribution in [3.05, 3.63) is 36.2 Å². The van der Waals surface area contributed by atoms with Gasteiger partial charge in [-0.15, -0.1) is 0 Å². The highest BCUT2D eigenvalue weighted by molar-refractivity contribution is 7.98. The lowest BCUT2D eigenvalue weighted by Crippen LogP contribution is -2.45. The summed E-state index contributed by atoms with van der Waals surface area (Å²) in [6, 6.07) is 7.35. The summed E-state index contributed by atoms with van der Waals surface area (Å²) in [5.74, 6) is 1.43. The van der Waals surface area contributed by atoms with E-state index in [0.29, 0.717) is 42.5 Å². The molecule has 2 aromatic rings. The van der Waals surface area contributed by atoms with Gasteiger partial charge in [0.15, 0.2) is 5.16 Å². The normalized spacial score (nSPS) is 16.3. The van der Waals surface area contributed by atoms with Crippen LogP contribution >= 0.6 is 11.8 Å². The molecular formula is C17H19FN6S. The van der Waals surface area contributed by atoms with Crippen LogP contribution in [0.1, 0.15) is 18.4 Å². The molecule has 1 aliphatic rings. The Hall–Kier alpha value is -2.40. The van der Waals surface area contributed by atoms with Crippen molar-refractivity contribution >= 4 is 23.4 Å². The van der Waals surface area contributed by atoms with E-state index in [2.05, 4.69) is 25.2 Å². The lowest BCUT2D eigenvalue weighted by Gasteiger charge is -2.37. The second-order valence-corrected chi connectivity index (χ2v) is 6.71. The monoisotopic (exact) mass is 358 g/mol. The molecule has 0 radical (unpaired) electrons. The number of hydrogen-bond acceptors (Lipinski definition) is 7. The Kier molecular flexibility index (Phi) is 5.34. The van der Waals surface area contributed by atoms with Crippen LogP contribution in [0, 0.1) is 11.3 Å². The summed E-state index contributed by atoms with van der Waals surface area (Å²) in [5.41, 5.74) is -0.743. The maximum Gasteiger partial charge on any atom is 0.189 e. The fourth-order valence-electron chi connectivity index (χ4n) is 2.74. The Morgan fingerprint density at radius 2 is 2.12 bits per heavy atom. The molecule has 130 valence electrons. The number of halogens is 1. The Morgan fingerprint density at radius 1 is 1.32 bits per heavy atom. The Balaban J connectivity index is 1.55. The van der Waals surface area contributed by atoms with E-state index >= 15 is 4.39 Å². The largest absolute Gasteiger partial charge is 0.367 e. The van der Waals surface area contributed by atoms with Crippen molar-refractivity contribution in [1.82, 2.24) is 15.0 Å². The van der Waals surface area contributed by atoms with Crippen molar-refractivity contribution in [2.75, 3.05) is 36.1 Å². The lowest BCUT2D eigenvalue weighted by atomic mass is 9.93. The molecule has 2 aromatic heterocycles. The Labute approximate surface area is 150 Å². The average molecular weight is 358 g/mol. The number of aromatic nitrogens is 3. The number of piperidine rings is 1. The number of pyridine rings is 1. The minimum atomic E-state index is -1.27. The SMILES string of the molecule is CSc1nccc(NCC2(F)CCN(c3ccc(C#N)cn3)CC2)n1. The molecule has 1 aliphatic heterocycles. The van der Waals surface area contributed by atoms with Gasteiger partial charge in [-0.1, -0.05) is 11.8 Å². The van der Waals surface area contributed by atoms with E-state index in [1.165, 1.54) is 11.8 Å². The van der Waals surface area contributed by atoms with Gasteiger partial charge in [-0.3, -0.25) is 0 Å². The second-order valence-electron chi connectivity index (χ2n) is 5.94. The van der Waals surface area contributed by atoms with E-state index < -0.39 is 5.67 Å². The first kappa shape index (κ1) is 17.4. The van der Waals surface area contributed by atoms with E-state index in [1.54, 1.807) is 24.5 Å². The smallest absolute Gasteiger partial charge is 0.189 e. The van der Waals surface area contributed by atoms with Gasteiger partial charge in [-0.25, -0.2) is 19.3 Å². The van der Waals surface area contributed by atoms with Crippen molar-refractivity contribution in [2.24, 2.45) is 0 Å². The average Bonchev–Trinajstić information content (AvgIpc) is 2.67. The zero-order valence-corrected chi connectivity index (χ0v) is 14.8. The molecule has 8 heteroatoms. The summed E-state index contributed by atoms with van der Waals surface area (Å²) in [6.45, 7) is 1.42. The highest BCUT2D eigenvalue weighted by atomic mass is 32.2. The Bertz CT molecular complexity index is 752. The standard InChI is InChI=1S/C17H19FN6S/c1-25-16-20-7-4-14(23-16)22-12-17(18)5-8-24(9-6-17)15-3-2-13(10-19)11-21-15/h2-4,7,11H,5-6,8-9,12H2,1H3,(H,20,22,23). The third kappa shape index (κ3) is 4.37. The lowest BCUT2D eigenvalue weighted by molar-refractivity contribution is 0.140. The number of anilines is 2. The van der Waals surface area contributed by atoms with Gasteiger partial charge in [0.25, 0.3) is 0 Å². The minimum Gasteiger partial charge on any atom is -0.367 e. The fourth-order valence-corrected chi connectivity index (χ4v) is 3.10. The first-order valence-electron chi connectivity index (χ1n) is 8.03. The molecule has 0 bridgehead atoms. The molecular weight excluding hydrogens is 339 g/mol. The van der Waals surface area contributed by atoms with Gasteiger partial charge in [0.2, 0.25) is 0 Å². The van der Waals surface area contributed by atoms with Crippen LogP contribution in [0.4, 0.5) is 16.0 Å². The number of nitrogens with zero attached hydrogens (tertiary/aromatic N) is 5. The van der Waals surface area contributed by atoms with Crippen molar-refractivity contribution < 1.29 is 4.39 Å². The minimum absolute atomic E-state index is 0.229. The van der Waals surface area contributed by atoms with Gasteiger partial charge in [0.05, 0.1) is 12.1 Å². The fraction of sp³-hybridized carbons (Fsp3) is 0.412. The van der Waals surface area contributed by atoms with Gasteiger partial charge in [-0.05, 0) is 24.5 Å². The first-order valence-corrected chi connectivity index (χ1v) is 9.25. The molecule has 0 spiro atoms. The molecule has 0 unspecified atom stereocenters. The van der Waals surface area contributed by atoms with Crippen LogP contribution in [-0.4, -0.2) is 46.5 Å². The number of thioether (sulfide) groups is 1. The highest BCUT2D eigenvalue weighted by Crippen LogP contribution is 2.29. The molecule has 0 amide bonds. The summed E-state index contributed by atoms with van der Waals surface area (Å²) >= 11 is 1.45. The second kappa shape index (κ2) is 7.66. The van der Waals surface area contributed by atoms with E-state index in [0.717, 1.165) is 5.82 Å². The third-order valence-corrected chi connectivity index (χ3v) is 4.82. The number of alkyl halides is 1. The summed E-state index contributed by atoms with van der Waals surface area (Å²) in [7, 11) is 0. The Morgan fingerprint density at radius 3 is 2.76 bits per heavy atom. The number of nitrogens with one attached hydrogen (secondary N) is 1. The van der Waals surface area contributed by atoms with Gasteiger partial charge in [-0.2, -0.15) is 5.26 Å². The summed E-state index contributed by atoms with van der Waals surface area (Å²) in [6.07, 6.45) is 5.96. The topological polar surface area (TPSA) is 77.7 Å². The first-order chi connectivity index (χ1) is 12.1. The molecule has 1 N–H and O–H groups in total. The zero-order chi connectivity index (χ0) is 17.7. The molecule has 0 aliphatic carbocycles. The van der Waals surface area contributed by atoms with Crippen molar-refractivity contribution in [3.63, 3.8) is 0 Å². The molecule has 0 aromatic carbocycles. The molecule has 0 saturated carbocycles. The summed E-state index contributed by atoms with van der Waals surface area (Å²) < 4.78 is 15.0. The quantitative estimate of drug-likeness (QED) is 0.650. The molecule has 0 atom stereocenters. The zero-order valence-electron chi connectivity index (χ0n) is 13.9. The van der Waals surface area contributed by atoms with Crippen LogP contribution in [0.3, 0.4) is 0 Å². The maximum absolute atomic E-state index is 15.0.